The molecule has 0 spiro atoms. The summed E-state index contributed by atoms with van der Waals surface area (Å²) < 4.78 is 27.4. The number of rotatable bonds is 8. The van der Waals surface area contributed by atoms with E-state index in [1.807, 2.05) is 0 Å². The van der Waals surface area contributed by atoms with E-state index in [0.717, 1.165) is 18.7 Å². The molecular weight excluding hydrogens is 266 g/mol. The highest BCUT2D eigenvalue weighted by Gasteiger charge is 2.11. The van der Waals surface area contributed by atoms with E-state index in [1.165, 1.54) is 12.3 Å². The molecule has 1 aromatic rings. The fourth-order valence-electron chi connectivity index (χ4n) is 1.69. The molecule has 0 fully saturated rings. The molecule has 0 aliphatic carbocycles. The standard InChI is InChI=1S/C12H21N3O3S/c1-3-6-14-11(9-18-2)7-10-4-5-12(8-15-10)19(13,16)17/h4-5,8,11,14H,3,6-7,9H2,1-2H3,(H2,13,16,17). The van der Waals surface area contributed by atoms with Crippen LogP contribution < -0.4 is 10.5 Å². The predicted molar refractivity (Wildman–Crippen MR) is 73.3 cm³/mol. The molecule has 0 amide bonds. The normalized spacial score (nSPS) is 13.4. The molecule has 7 heteroatoms. The van der Waals surface area contributed by atoms with E-state index in [9.17, 15) is 8.42 Å². The molecule has 108 valence electrons. The van der Waals surface area contributed by atoms with Gasteiger partial charge in [-0.15, -0.1) is 0 Å². The minimum absolute atomic E-state index is 0.0288. The Morgan fingerprint density at radius 3 is 2.68 bits per heavy atom. The molecule has 0 bridgehead atoms. The fraction of sp³-hybridized carbons (Fsp3) is 0.583. The van der Waals surface area contributed by atoms with Crippen molar-refractivity contribution in [3.8, 4) is 0 Å². The molecule has 1 heterocycles. The van der Waals surface area contributed by atoms with Crippen molar-refractivity contribution in [1.82, 2.24) is 10.3 Å². The lowest BCUT2D eigenvalue weighted by Gasteiger charge is -2.17. The molecule has 1 aromatic heterocycles. The third-order valence-corrected chi connectivity index (χ3v) is 3.53. The van der Waals surface area contributed by atoms with E-state index >= 15 is 0 Å². The largest absolute Gasteiger partial charge is 0.383 e. The van der Waals surface area contributed by atoms with Crippen LogP contribution in [0.4, 0.5) is 0 Å². The summed E-state index contributed by atoms with van der Waals surface area (Å²) in [4.78, 5) is 4.15. The molecule has 0 aliphatic rings. The zero-order valence-corrected chi connectivity index (χ0v) is 12.1. The second-order valence-corrected chi connectivity index (χ2v) is 5.90. The Morgan fingerprint density at radius 2 is 2.21 bits per heavy atom. The quantitative estimate of drug-likeness (QED) is 0.716. The molecule has 0 aromatic carbocycles. The summed E-state index contributed by atoms with van der Waals surface area (Å²) >= 11 is 0. The first kappa shape index (κ1) is 16.0. The van der Waals surface area contributed by atoms with Crippen LogP contribution in [0.5, 0.6) is 0 Å². The van der Waals surface area contributed by atoms with E-state index in [2.05, 4.69) is 17.2 Å². The molecule has 3 N–H and O–H groups in total. The van der Waals surface area contributed by atoms with Gasteiger partial charge in [-0.3, -0.25) is 4.98 Å². The van der Waals surface area contributed by atoms with E-state index in [-0.39, 0.29) is 10.9 Å². The third-order valence-electron chi connectivity index (χ3n) is 2.63. The van der Waals surface area contributed by atoms with Crippen molar-refractivity contribution in [3.63, 3.8) is 0 Å². The Hall–Kier alpha value is -1.02. The number of ether oxygens (including phenoxy) is 1. The molecule has 0 saturated carbocycles. The Bertz CT molecular complexity index is 473. The number of methoxy groups -OCH3 is 1. The summed E-state index contributed by atoms with van der Waals surface area (Å²) in [6.07, 6.45) is 3.01. The minimum atomic E-state index is -3.68. The van der Waals surface area contributed by atoms with Gasteiger partial charge in [0.05, 0.1) is 6.61 Å². The summed E-state index contributed by atoms with van der Waals surface area (Å²) in [6.45, 7) is 3.58. The van der Waals surface area contributed by atoms with Crippen molar-refractivity contribution < 1.29 is 13.2 Å². The van der Waals surface area contributed by atoms with Gasteiger partial charge in [-0.2, -0.15) is 0 Å². The molecule has 1 rings (SSSR count). The maximum Gasteiger partial charge on any atom is 0.239 e. The zero-order chi connectivity index (χ0) is 14.3. The monoisotopic (exact) mass is 287 g/mol. The average molecular weight is 287 g/mol. The number of hydrogen-bond acceptors (Lipinski definition) is 5. The van der Waals surface area contributed by atoms with Gasteiger partial charge in [0, 0.05) is 31.5 Å². The number of primary sulfonamides is 1. The highest BCUT2D eigenvalue weighted by Crippen LogP contribution is 2.07. The SMILES string of the molecule is CCCNC(COC)Cc1ccc(S(N)(=O)=O)cn1. The molecular formula is C12H21N3O3S. The smallest absolute Gasteiger partial charge is 0.239 e. The maximum absolute atomic E-state index is 11.1. The van der Waals surface area contributed by atoms with Crippen LogP contribution in [0.15, 0.2) is 23.2 Å². The van der Waals surface area contributed by atoms with Crippen molar-refractivity contribution in [2.75, 3.05) is 20.3 Å². The summed E-state index contributed by atoms with van der Waals surface area (Å²) in [5, 5.41) is 8.38. The van der Waals surface area contributed by atoms with Gasteiger partial charge in [-0.25, -0.2) is 13.6 Å². The molecule has 19 heavy (non-hydrogen) atoms. The lowest BCUT2D eigenvalue weighted by atomic mass is 10.1. The zero-order valence-electron chi connectivity index (χ0n) is 11.3. The van der Waals surface area contributed by atoms with Gasteiger partial charge in [-0.05, 0) is 25.1 Å². The minimum Gasteiger partial charge on any atom is -0.383 e. The number of pyridine rings is 1. The summed E-state index contributed by atoms with van der Waals surface area (Å²) in [5.74, 6) is 0. The van der Waals surface area contributed by atoms with Crippen molar-refractivity contribution in [2.24, 2.45) is 5.14 Å². The molecule has 1 unspecified atom stereocenters. The molecule has 6 nitrogen and oxygen atoms in total. The predicted octanol–water partition coefficient (Wildman–Crippen LogP) is 0.286. The Balaban J connectivity index is 2.69. The van der Waals surface area contributed by atoms with E-state index in [1.54, 1.807) is 13.2 Å². The molecule has 1 atom stereocenters. The molecule has 0 radical (unpaired) electrons. The maximum atomic E-state index is 11.1. The second kappa shape index (κ2) is 7.54. The van der Waals surface area contributed by atoms with Gasteiger partial charge >= 0.3 is 0 Å². The van der Waals surface area contributed by atoms with Crippen LogP contribution in [0.3, 0.4) is 0 Å². The van der Waals surface area contributed by atoms with E-state index in [4.69, 9.17) is 9.88 Å². The lowest BCUT2D eigenvalue weighted by molar-refractivity contribution is 0.165. The van der Waals surface area contributed by atoms with Gasteiger partial charge in [0.1, 0.15) is 4.90 Å². The highest BCUT2D eigenvalue weighted by molar-refractivity contribution is 7.89. The Kier molecular flexibility index (Phi) is 6.36. The van der Waals surface area contributed by atoms with Crippen molar-refractivity contribution in [2.45, 2.75) is 30.7 Å². The van der Waals surface area contributed by atoms with Crippen LogP contribution in [0.25, 0.3) is 0 Å². The molecule has 0 saturated heterocycles. The second-order valence-electron chi connectivity index (χ2n) is 4.34. The van der Waals surface area contributed by atoms with Gasteiger partial charge in [-0.1, -0.05) is 6.92 Å². The summed E-state index contributed by atoms with van der Waals surface area (Å²) in [6, 6.07) is 3.31. The van der Waals surface area contributed by atoms with Gasteiger partial charge < -0.3 is 10.1 Å². The Morgan fingerprint density at radius 1 is 1.47 bits per heavy atom. The van der Waals surface area contributed by atoms with Crippen LogP contribution in [-0.2, 0) is 21.2 Å². The first-order valence-corrected chi connectivity index (χ1v) is 7.72. The van der Waals surface area contributed by atoms with Crippen molar-refractivity contribution in [1.29, 1.82) is 0 Å². The number of hydrogen-bond donors (Lipinski definition) is 2. The highest BCUT2D eigenvalue weighted by atomic mass is 32.2. The van der Waals surface area contributed by atoms with Crippen molar-refractivity contribution in [3.05, 3.63) is 24.0 Å². The van der Waals surface area contributed by atoms with Crippen LogP contribution in [0.2, 0.25) is 0 Å². The topological polar surface area (TPSA) is 94.3 Å². The van der Waals surface area contributed by atoms with Gasteiger partial charge in [0.2, 0.25) is 10.0 Å². The van der Waals surface area contributed by atoms with Crippen molar-refractivity contribution >= 4 is 10.0 Å². The summed E-state index contributed by atoms with van der Waals surface area (Å²) in [5.41, 5.74) is 0.804. The Labute approximate surface area is 114 Å². The van der Waals surface area contributed by atoms with Crippen LogP contribution in [-0.4, -0.2) is 39.7 Å². The van der Waals surface area contributed by atoms with Crippen LogP contribution >= 0.6 is 0 Å². The molecule has 0 aliphatic heterocycles. The first-order chi connectivity index (χ1) is 8.97. The number of nitrogens with one attached hydrogen (secondary N) is 1. The van der Waals surface area contributed by atoms with Gasteiger partial charge in [0.25, 0.3) is 0 Å². The van der Waals surface area contributed by atoms with Crippen LogP contribution in [0.1, 0.15) is 19.0 Å². The van der Waals surface area contributed by atoms with Crippen LogP contribution in [0, 0.1) is 0 Å². The first-order valence-electron chi connectivity index (χ1n) is 6.17. The fourth-order valence-corrected chi connectivity index (χ4v) is 2.15. The van der Waals surface area contributed by atoms with E-state index < -0.39 is 10.0 Å². The average Bonchev–Trinajstić information content (AvgIpc) is 2.36. The van der Waals surface area contributed by atoms with Gasteiger partial charge in [0.15, 0.2) is 0 Å². The third kappa shape index (κ3) is 5.65. The van der Waals surface area contributed by atoms with E-state index in [0.29, 0.717) is 13.0 Å². The number of nitrogens with two attached hydrogens (primary N) is 1. The summed E-state index contributed by atoms with van der Waals surface area (Å²) in [7, 11) is -2.02. The number of sulfonamides is 1. The lowest BCUT2D eigenvalue weighted by Crippen LogP contribution is -2.35. The number of aromatic nitrogens is 1. The number of nitrogens with zero attached hydrogens (tertiary/aromatic N) is 1.